The van der Waals surface area contributed by atoms with Crippen LogP contribution in [-0.2, 0) is 22.0 Å². The van der Waals surface area contributed by atoms with Crippen LogP contribution in [0.1, 0.15) is 41.0 Å². The van der Waals surface area contributed by atoms with Crippen molar-refractivity contribution in [3.05, 3.63) is 76.2 Å². The number of rotatable bonds is 6. The largest absolute Gasteiger partial charge is 0.321 e. The Kier molecular flexibility index (Phi) is 6.40. The number of hydrogen-bond donors (Lipinski definition) is 1. The molecule has 2 aromatic carbocycles. The van der Waals surface area contributed by atoms with Crippen LogP contribution in [0.3, 0.4) is 0 Å². The molecule has 3 rings (SSSR count). The first-order chi connectivity index (χ1) is 14.1. The molecule has 0 saturated heterocycles. The number of amides is 1. The van der Waals surface area contributed by atoms with Gasteiger partial charge in [0.1, 0.15) is 4.88 Å². The van der Waals surface area contributed by atoms with Gasteiger partial charge in [0.05, 0.1) is 16.1 Å². The van der Waals surface area contributed by atoms with Crippen LogP contribution in [0.2, 0.25) is 0 Å². The highest BCUT2D eigenvalue weighted by Crippen LogP contribution is 2.27. The first kappa shape index (κ1) is 22.1. The molecule has 8 heteroatoms. The van der Waals surface area contributed by atoms with Crippen molar-refractivity contribution in [2.24, 2.45) is 0 Å². The Balaban J connectivity index is 1.69. The molecule has 0 aliphatic heterocycles. The second-order valence-electron chi connectivity index (χ2n) is 8.00. The number of anilines is 1. The Morgan fingerprint density at radius 2 is 1.70 bits per heavy atom. The smallest absolute Gasteiger partial charge is 0.267 e. The Bertz CT molecular complexity index is 1120. The zero-order valence-corrected chi connectivity index (χ0v) is 19.0. The third kappa shape index (κ3) is 5.13. The van der Waals surface area contributed by atoms with E-state index in [0.29, 0.717) is 10.6 Å². The van der Waals surface area contributed by atoms with Crippen molar-refractivity contribution in [1.29, 1.82) is 0 Å². The molecular formula is C22H25N3O3S2. The summed E-state index contributed by atoms with van der Waals surface area (Å²) in [5.41, 5.74) is 1.31. The van der Waals surface area contributed by atoms with Crippen LogP contribution in [0.25, 0.3) is 0 Å². The number of sulfonamides is 1. The first-order valence-corrected chi connectivity index (χ1v) is 11.7. The molecule has 0 aliphatic rings. The topological polar surface area (TPSA) is 79.4 Å². The highest BCUT2D eigenvalue weighted by molar-refractivity contribution is 7.89. The monoisotopic (exact) mass is 443 g/mol. The fourth-order valence-electron chi connectivity index (χ4n) is 2.73. The lowest BCUT2D eigenvalue weighted by Gasteiger charge is -2.17. The van der Waals surface area contributed by atoms with Gasteiger partial charge in [0, 0.05) is 24.7 Å². The third-order valence-electron chi connectivity index (χ3n) is 4.44. The van der Waals surface area contributed by atoms with Crippen LogP contribution in [0.5, 0.6) is 0 Å². The minimum absolute atomic E-state index is 0.120. The minimum atomic E-state index is -3.63. The number of thiazole rings is 1. The third-order valence-corrected chi connectivity index (χ3v) is 7.68. The lowest BCUT2D eigenvalue weighted by Crippen LogP contribution is -2.26. The van der Waals surface area contributed by atoms with E-state index in [2.05, 4.69) is 10.3 Å². The van der Waals surface area contributed by atoms with Gasteiger partial charge in [0.2, 0.25) is 10.0 Å². The van der Waals surface area contributed by atoms with Gasteiger partial charge in [-0.1, -0.05) is 51.1 Å². The number of nitrogens with one attached hydrogen (secondary N) is 1. The number of hydrogen-bond acceptors (Lipinski definition) is 5. The Morgan fingerprint density at radius 1 is 1.07 bits per heavy atom. The molecule has 1 heterocycles. The Morgan fingerprint density at radius 3 is 2.27 bits per heavy atom. The van der Waals surface area contributed by atoms with E-state index in [1.165, 1.54) is 27.8 Å². The second-order valence-corrected chi connectivity index (χ2v) is 11.1. The molecule has 1 aromatic heterocycles. The van der Waals surface area contributed by atoms with Crippen molar-refractivity contribution in [2.75, 3.05) is 12.4 Å². The number of aromatic nitrogens is 1. The van der Waals surface area contributed by atoms with Gasteiger partial charge in [-0.25, -0.2) is 13.4 Å². The van der Waals surface area contributed by atoms with Crippen molar-refractivity contribution in [3.8, 4) is 0 Å². The van der Waals surface area contributed by atoms with Gasteiger partial charge in [-0.3, -0.25) is 4.79 Å². The summed E-state index contributed by atoms with van der Waals surface area (Å²) in [6.45, 7) is 6.41. The van der Waals surface area contributed by atoms with Crippen LogP contribution in [-0.4, -0.2) is 30.7 Å². The summed E-state index contributed by atoms with van der Waals surface area (Å²) in [6, 6.07) is 15.6. The molecule has 30 heavy (non-hydrogen) atoms. The van der Waals surface area contributed by atoms with Gasteiger partial charge in [-0.05, 0) is 29.8 Å². The van der Waals surface area contributed by atoms with Gasteiger partial charge >= 0.3 is 0 Å². The van der Waals surface area contributed by atoms with E-state index in [1.54, 1.807) is 25.4 Å². The Hall–Kier alpha value is -2.55. The molecule has 0 saturated carbocycles. The molecule has 0 unspecified atom stereocenters. The lowest BCUT2D eigenvalue weighted by molar-refractivity contribution is 0.103. The quantitative estimate of drug-likeness (QED) is 0.608. The predicted molar refractivity (Wildman–Crippen MR) is 120 cm³/mol. The highest BCUT2D eigenvalue weighted by Gasteiger charge is 2.22. The molecule has 6 nitrogen and oxygen atoms in total. The first-order valence-electron chi connectivity index (χ1n) is 9.45. The van der Waals surface area contributed by atoms with Crippen molar-refractivity contribution < 1.29 is 13.2 Å². The van der Waals surface area contributed by atoms with Crippen LogP contribution >= 0.6 is 11.3 Å². The van der Waals surface area contributed by atoms with E-state index in [9.17, 15) is 13.2 Å². The fraction of sp³-hybridized carbons (Fsp3) is 0.273. The van der Waals surface area contributed by atoms with Gasteiger partial charge < -0.3 is 5.32 Å². The van der Waals surface area contributed by atoms with Crippen molar-refractivity contribution in [2.45, 2.75) is 37.6 Å². The molecule has 1 N–H and O–H groups in total. The van der Waals surface area contributed by atoms with Gasteiger partial charge in [0.25, 0.3) is 5.91 Å². The van der Waals surface area contributed by atoms with E-state index in [0.717, 1.165) is 10.6 Å². The zero-order valence-electron chi connectivity index (χ0n) is 17.4. The summed E-state index contributed by atoms with van der Waals surface area (Å²) in [7, 11) is -2.08. The van der Waals surface area contributed by atoms with E-state index in [4.69, 9.17) is 0 Å². The summed E-state index contributed by atoms with van der Waals surface area (Å²) in [5.74, 6) is -0.264. The molecule has 3 aromatic rings. The number of carbonyl (C=O) groups excluding carboxylic acids is 1. The number of nitrogens with zero attached hydrogens (tertiary/aromatic N) is 2. The summed E-state index contributed by atoms with van der Waals surface area (Å²) in [5, 5.41) is 3.68. The normalized spacial score (nSPS) is 12.2. The maximum atomic E-state index is 12.8. The van der Waals surface area contributed by atoms with Crippen molar-refractivity contribution in [3.63, 3.8) is 0 Å². The van der Waals surface area contributed by atoms with Gasteiger partial charge in [-0.2, -0.15) is 4.31 Å². The van der Waals surface area contributed by atoms with Crippen molar-refractivity contribution >= 4 is 33.0 Å². The SMILES string of the molecule is CN(Cc1ccccc1)S(=O)(=O)c1ccc(NC(=O)c2cnc(C(C)(C)C)s2)cc1. The summed E-state index contributed by atoms with van der Waals surface area (Å²) in [6.07, 6.45) is 1.57. The van der Waals surface area contributed by atoms with Gasteiger partial charge in [-0.15, -0.1) is 11.3 Å². The van der Waals surface area contributed by atoms with Crippen LogP contribution in [0.4, 0.5) is 5.69 Å². The molecule has 0 spiro atoms. The van der Waals surface area contributed by atoms with E-state index < -0.39 is 10.0 Å². The Labute approximate surface area is 181 Å². The minimum Gasteiger partial charge on any atom is -0.321 e. The van der Waals surface area contributed by atoms with E-state index in [1.807, 2.05) is 51.1 Å². The molecule has 158 valence electrons. The van der Waals surface area contributed by atoms with Crippen molar-refractivity contribution in [1.82, 2.24) is 9.29 Å². The standard InChI is InChI=1S/C22H25N3O3S2/c1-22(2,3)21-23-14-19(29-21)20(26)24-17-10-12-18(13-11-17)30(27,28)25(4)15-16-8-6-5-7-9-16/h5-14H,15H2,1-4H3,(H,24,26). The zero-order chi connectivity index (χ0) is 21.9. The molecule has 0 radical (unpaired) electrons. The maximum Gasteiger partial charge on any atom is 0.267 e. The average molecular weight is 444 g/mol. The number of carbonyl (C=O) groups is 1. The molecule has 0 aliphatic carbocycles. The molecule has 0 fully saturated rings. The summed E-state index contributed by atoms with van der Waals surface area (Å²) in [4.78, 5) is 17.5. The average Bonchev–Trinajstić information content (AvgIpc) is 3.20. The molecule has 0 bridgehead atoms. The predicted octanol–water partition coefficient (Wildman–Crippen LogP) is 4.51. The molecule has 1 amide bonds. The summed E-state index contributed by atoms with van der Waals surface area (Å²) < 4.78 is 26.9. The molecule has 0 atom stereocenters. The van der Waals surface area contributed by atoms with Crippen LogP contribution in [0.15, 0.2) is 65.7 Å². The molecular weight excluding hydrogens is 418 g/mol. The fourth-order valence-corrected chi connectivity index (χ4v) is 4.76. The van der Waals surface area contributed by atoms with Crippen LogP contribution < -0.4 is 5.32 Å². The van der Waals surface area contributed by atoms with E-state index in [-0.39, 0.29) is 22.8 Å². The summed E-state index contributed by atoms with van der Waals surface area (Å²) >= 11 is 1.35. The number of benzene rings is 2. The van der Waals surface area contributed by atoms with E-state index >= 15 is 0 Å². The van der Waals surface area contributed by atoms with Crippen LogP contribution in [0, 0.1) is 0 Å². The maximum absolute atomic E-state index is 12.8. The highest BCUT2D eigenvalue weighted by atomic mass is 32.2. The van der Waals surface area contributed by atoms with Gasteiger partial charge in [0.15, 0.2) is 0 Å². The lowest BCUT2D eigenvalue weighted by atomic mass is 9.98. The second kappa shape index (κ2) is 8.67.